The quantitative estimate of drug-likeness (QED) is 0.709. The van der Waals surface area contributed by atoms with Crippen molar-refractivity contribution in [1.29, 1.82) is 0 Å². The molecule has 1 atom stereocenters. The Morgan fingerprint density at radius 1 is 1.40 bits per heavy atom. The van der Waals surface area contributed by atoms with Crippen molar-refractivity contribution in [3.8, 4) is 0 Å². The molecule has 0 bridgehead atoms. The van der Waals surface area contributed by atoms with Crippen molar-refractivity contribution < 1.29 is 0 Å². The number of aromatic amines is 1. The van der Waals surface area contributed by atoms with Gasteiger partial charge in [0.2, 0.25) is 0 Å². The fraction of sp³-hybridized carbons (Fsp3) is 0.286. The van der Waals surface area contributed by atoms with E-state index in [0.29, 0.717) is 5.92 Å². The predicted molar refractivity (Wildman–Crippen MR) is 66.1 cm³/mol. The number of para-hydroxylation sites is 1. The van der Waals surface area contributed by atoms with Crippen LogP contribution in [0.1, 0.15) is 31.2 Å². The molecule has 1 aromatic carbocycles. The molecule has 1 nitrogen and oxygen atoms in total. The van der Waals surface area contributed by atoms with Crippen LogP contribution >= 0.6 is 0 Å². The predicted octanol–water partition coefficient (Wildman–Crippen LogP) is 4.24. The summed E-state index contributed by atoms with van der Waals surface area (Å²) in [4.78, 5) is 3.33. The number of hydrogen-bond acceptors (Lipinski definition) is 0. The van der Waals surface area contributed by atoms with E-state index in [1.807, 2.05) is 6.08 Å². The SMILES string of the molecule is C=CCC(CC)c1c[nH]c2ccccc12. The Bertz CT molecular complexity index is 453. The summed E-state index contributed by atoms with van der Waals surface area (Å²) < 4.78 is 0. The van der Waals surface area contributed by atoms with Gasteiger partial charge >= 0.3 is 0 Å². The van der Waals surface area contributed by atoms with Gasteiger partial charge in [0, 0.05) is 17.1 Å². The van der Waals surface area contributed by atoms with Gasteiger partial charge in [-0.15, -0.1) is 6.58 Å². The molecule has 0 saturated carbocycles. The highest BCUT2D eigenvalue weighted by Crippen LogP contribution is 2.30. The van der Waals surface area contributed by atoms with Crippen molar-refractivity contribution in [2.45, 2.75) is 25.7 Å². The van der Waals surface area contributed by atoms with E-state index in [1.54, 1.807) is 0 Å². The Morgan fingerprint density at radius 2 is 2.20 bits per heavy atom. The fourth-order valence-corrected chi connectivity index (χ4v) is 2.15. The minimum absolute atomic E-state index is 0.596. The van der Waals surface area contributed by atoms with Crippen LogP contribution in [0.5, 0.6) is 0 Å². The van der Waals surface area contributed by atoms with E-state index in [2.05, 4.69) is 48.9 Å². The lowest BCUT2D eigenvalue weighted by Crippen LogP contribution is -1.93. The van der Waals surface area contributed by atoms with Gasteiger partial charge in [-0.3, -0.25) is 0 Å². The maximum Gasteiger partial charge on any atom is 0.0456 e. The molecule has 0 aliphatic heterocycles. The van der Waals surface area contributed by atoms with Gasteiger partial charge in [0.1, 0.15) is 0 Å². The zero-order valence-corrected chi connectivity index (χ0v) is 9.16. The lowest BCUT2D eigenvalue weighted by Gasteiger charge is -2.11. The van der Waals surface area contributed by atoms with Gasteiger partial charge < -0.3 is 4.98 Å². The van der Waals surface area contributed by atoms with Crippen LogP contribution in [0.25, 0.3) is 10.9 Å². The lowest BCUT2D eigenvalue weighted by atomic mass is 9.93. The van der Waals surface area contributed by atoms with Gasteiger partial charge in [-0.05, 0) is 30.4 Å². The lowest BCUT2D eigenvalue weighted by molar-refractivity contribution is 0.680. The molecule has 78 valence electrons. The van der Waals surface area contributed by atoms with Crippen molar-refractivity contribution in [3.05, 3.63) is 48.7 Å². The first-order chi connectivity index (χ1) is 7.36. The number of hydrogen-bond donors (Lipinski definition) is 1. The van der Waals surface area contributed by atoms with Gasteiger partial charge in [0.25, 0.3) is 0 Å². The normalized spacial score (nSPS) is 12.9. The third-order valence-electron chi connectivity index (χ3n) is 3.01. The van der Waals surface area contributed by atoms with Crippen molar-refractivity contribution >= 4 is 10.9 Å². The fourth-order valence-electron chi connectivity index (χ4n) is 2.15. The average Bonchev–Trinajstić information content (AvgIpc) is 2.70. The van der Waals surface area contributed by atoms with Gasteiger partial charge in [-0.1, -0.05) is 31.2 Å². The summed E-state index contributed by atoms with van der Waals surface area (Å²) in [5, 5.41) is 1.35. The molecule has 1 N–H and O–H groups in total. The van der Waals surface area contributed by atoms with Crippen molar-refractivity contribution in [1.82, 2.24) is 4.98 Å². The highest BCUT2D eigenvalue weighted by Gasteiger charge is 2.11. The molecule has 1 heterocycles. The van der Waals surface area contributed by atoms with Crippen LogP contribution in [0.3, 0.4) is 0 Å². The zero-order valence-electron chi connectivity index (χ0n) is 9.16. The van der Waals surface area contributed by atoms with E-state index in [-0.39, 0.29) is 0 Å². The topological polar surface area (TPSA) is 15.8 Å². The summed E-state index contributed by atoms with van der Waals surface area (Å²) in [6.45, 7) is 6.06. The van der Waals surface area contributed by atoms with Gasteiger partial charge in [-0.2, -0.15) is 0 Å². The summed E-state index contributed by atoms with van der Waals surface area (Å²) in [5.74, 6) is 0.596. The summed E-state index contributed by atoms with van der Waals surface area (Å²) in [7, 11) is 0. The largest absolute Gasteiger partial charge is 0.361 e. The smallest absolute Gasteiger partial charge is 0.0456 e. The number of aromatic nitrogens is 1. The maximum absolute atomic E-state index is 3.83. The van der Waals surface area contributed by atoms with E-state index in [9.17, 15) is 0 Å². The van der Waals surface area contributed by atoms with E-state index < -0.39 is 0 Å². The number of allylic oxidation sites excluding steroid dienone is 1. The zero-order chi connectivity index (χ0) is 10.7. The second-order valence-corrected chi connectivity index (χ2v) is 3.92. The molecule has 1 unspecified atom stereocenters. The van der Waals surface area contributed by atoms with E-state index in [1.165, 1.54) is 16.5 Å². The Hall–Kier alpha value is -1.50. The molecule has 0 amide bonds. The number of fused-ring (bicyclic) bond motifs is 1. The molecule has 15 heavy (non-hydrogen) atoms. The second kappa shape index (κ2) is 4.35. The van der Waals surface area contributed by atoms with Gasteiger partial charge in [-0.25, -0.2) is 0 Å². The standard InChI is InChI=1S/C14H17N/c1-3-7-11(4-2)13-10-15-14-9-6-5-8-12(13)14/h3,5-6,8-11,15H,1,4,7H2,2H3. The van der Waals surface area contributed by atoms with Crippen molar-refractivity contribution in [2.24, 2.45) is 0 Å². The molecule has 0 fully saturated rings. The number of benzene rings is 1. The third-order valence-corrected chi connectivity index (χ3v) is 3.01. The molecule has 0 saturated heterocycles. The van der Waals surface area contributed by atoms with Crippen LogP contribution < -0.4 is 0 Å². The summed E-state index contributed by atoms with van der Waals surface area (Å²) in [6, 6.07) is 8.48. The first kappa shape index (κ1) is 10.0. The van der Waals surface area contributed by atoms with Crippen LogP contribution in [0.15, 0.2) is 43.1 Å². The second-order valence-electron chi connectivity index (χ2n) is 3.92. The molecule has 0 spiro atoms. The maximum atomic E-state index is 3.83. The molecule has 0 radical (unpaired) electrons. The third kappa shape index (κ3) is 1.82. The first-order valence-corrected chi connectivity index (χ1v) is 5.53. The molecular formula is C14H17N. The highest BCUT2D eigenvalue weighted by molar-refractivity contribution is 5.83. The average molecular weight is 199 g/mol. The van der Waals surface area contributed by atoms with Crippen LogP contribution in [0.2, 0.25) is 0 Å². The van der Waals surface area contributed by atoms with E-state index >= 15 is 0 Å². The Kier molecular flexibility index (Phi) is 2.91. The molecule has 0 aliphatic carbocycles. The molecular weight excluding hydrogens is 182 g/mol. The van der Waals surface area contributed by atoms with E-state index in [0.717, 1.165) is 12.8 Å². The minimum atomic E-state index is 0.596. The Labute approximate surface area is 90.8 Å². The van der Waals surface area contributed by atoms with E-state index in [4.69, 9.17) is 0 Å². The molecule has 1 aromatic heterocycles. The Morgan fingerprint density at radius 3 is 2.93 bits per heavy atom. The minimum Gasteiger partial charge on any atom is -0.361 e. The van der Waals surface area contributed by atoms with Crippen LogP contribution in [0, 0.1) is 0 Å². The molecule has 1 heteroatoms. The van der Waals surface area contributed by atoms with Crippen LogP contribution in [-0.2, 0) is 0 Å². The number of nitrogens with one attached hydrogen (secondary N) is 1. The van der Waals surface area contributed by atoms with Crippen molar-refractivity contribution in [2.75, 3.05) is 0 Å². The van der Waals surface area contributed by atoms with Crippen LogP contribution in [0.4, 0.5) is 0 Å². The van der Waals surface area contributed by atoms with Gasteiger partial charge in [0.15, 0.2) is 0 Å². The molecule has 2 rings (SSSR count). The number of rotatable bonds is 4. The summed E-state index contributed by atoms with van der Waals surface area (Å²) in [6.07, 6.45) is 6.37. The summed E-state index contributed by atoms with van der Waals surface area (Å²) >= 11 is 0. The first-order valence-electron chi connectivity index (χ1n) is 5.53. The Balaban J connectivity index is 2.45. The molecule has 0 aliphatic rings. The van der Waals surface area contributed by atoms with Crippen molar-refractivity contribution in [3.63, 3.8) is 0 Å². The van der Waals surface area contributed by atoms with Crippen LogP contribution in [-0.4, -0.2) is 4.98 Å². The molecule has 2 aromatic rings. The highest BCUT2D eigenvalue weighted by atomic mass is 14.7. The van der Waals surface area contributed by atoms with Gasteiger partial charge in [0.05, 0.1) is 0 Å². The summed E-state index contributed by atoms with van der Waals surface area (Å²) in [5.41, 5.74) is 2.66. The monoisotopic (exact) mass is 199 g/mol. The number of H-pyrrole nitrogens is 1.